The highest BCUT2D eigenvalue weighted by Gasteiger charge is 2.37. The first-order valence-electron chi connectivity index (χ1n) is 7.13. The summed E-state index contributed by atoms with van der Waals surface area (Å²) in [5.41, 5.74) is 1.92. The summed E-state index contributed by atoms with van der Waals surface area (Å²) >= 11 is 7.05. The van der Waals surface area contributed by atoms with E-state index in [1.165, 1.54) is 7.05 Å². The van der Waals surface area contributed by atoms with Gasteiger partial charge in [0.15, 0.2) is 0 Å². The summed E-state index contributed by atoms with van der Waals surface area (Å²) in [6, 6.07) is 12.7. The van der Waals surface area contributed by atoms with Gasteiger partial charge in [-0.05, 0) is 24.3 Å². The van der Waals surface area contributed by atoms with Gasteiger partial charge in [0.05, 0.1) is 16.5 Å². The van der Waals surface area contributed by atoms with Gasteiger partial charge >= 0.3 is 0 Å². The van der Waals surface area contributed by atoms with Gasteiger partial charge in [-0.15, -0.1) is 0 Å². The number of amides is 2. The molecule has 1 aliphatic rings. The van der Waals surface area contributed by atoms with E-state index in [1.807, 2.05) is 12.1 Å². The first-order chi connectivity index (χ1) is 11.5. The number of pyridine rings is 1. The van der Waals surface area contributed by atoms with Gasteiger partial charge in [-0.1, -0.05) is 35.5 Å². The van der Waals surface area contributed by atoms with Crippen LogP contribution in [0.4, 0.5) is 0 Å². The highest BCUT2D eigenvalue weighted by Crippen LogP contribution is 2.33. The van der Waals surface area contributed by atoms with Gasteiger partial charge < -0.3 is 0 Å². The van der Waals surface area contributed by atoms with Gasteiger partial charge in [-0.3, -0.25) is 14.5 Å². The van der Waals surface area contributed by atoms with Gasteiger partial charge in [0.2, 0.25) is 11.8 Å². The molecule has 0 N–H and O–H groups in total. The number of aromatic nitrogens is 1. The molecule has 1 saturated heterocycles. The zero-order valence-electron chi connectivity index (χ0n) is 12.7. The summed E-state index contributed by atoms with van der Waals surface area (Å²) in [5.74, 6) is -0.475. The number of benzene rings is 1. The molecule has 1 unspecified atom stereocenters. The molecule has 2 amide bonds. The van der Waals surface area contributed by atoms with Gasteiger partial charge in [0.25, 0.3) is 0 Å². The van der Waals surface area contributed by atoms with Crippen LogP contribution in [0.2, 0.25) is 5.02 Å². The minimum absolute atomic E-state index is 0.123. The Morgan fingerprint density at radius 3 is 2.54 bits per heavy atom. The molecule has 1 fully saturated rings. The normalized spacial score (nSPS) is 17.2. The molecule has 1 atom stereocenters. The van der Waals surface area contributed by atoms with Gasteiger partial charge in [-0.25, -0.2) is 4.98 Å². The molecule has 0 saturated carbocycles. The summed E-state index contributed by atoms with van der Waals surface area (Å²) in [4.78, 5) is 29.3. The van der Waals surface area contributed by atoms with Crippen LogP contribution in [0.5, 0.6) is 0 Å². The second-order valence-electron chi connectivity index (χ2n) is 5.27. The average molecular weight is 358 g/mol. The Morgan fingerprint density at radius 2 is 1.96 bits per heavy atom. The lowest BCUT2D eigenvalue weighted by Gasteiger charge is -2.10. The predicted molar refractivity (Wildman–Crippen MR) is 91.4 cm³/mol. The number of likely N-dealkylation sites (tertiary alicyclic amines) is 1. The molecule has 120 valence electrons. The van der Waals surface area contributed by atoms with Gasteiger partial charge in [0.1, 0.15) is 11.1 Å². The third-order valence-electron chi connectivity index (χ3n) is 3.71. The second kappa shape index (κ2) is 6.63. The first-order valence-corrected chi connectivity index (χ1v) is 8.39. The summed E-state index contributed by atoms with van der Waals surface area (Å²) in [6.45, 7) is 0. The van der Waals surface area contributed by atoms with E-state index in [0.717, 1.165) is 22.2 Å². The fraction of sp³-hybridized carbons (Fsp3) is 0.176. The summed E-state index contributed by atoms with van der Waals surface area (Å²) in [7, 11) is 1.47. The number of hydrogen-bond acceptors (Lipinski definition) is 5. The van der Waals surface area contributed by atoms with Crippen molar-refractivity contribution in [3.05, 3.63) is 47.0 Å². The van der Waals surface area contributed by atoms with Crippen molar-refractivity contribution >= 4 is 35.2 Å². The maximum atomic E-state index is 12.1. The summed E-state index contributed by atoms with van der Waals surface area (Å²) in [6.07, 6.45) is 0.123. The second-order valence-corrected chi connectivity index (χ2v) is 6.90. The third-order valence-corrected chi connectivity index (χ3v) is 5.15. The zero-order valence-corrected chi connectivity index (χ0v) is 14.3. The molecule has 5 nitrogen and oxygen atoms in total. The number of carbonyl (C=O) groups excluding carboxylic acids is 2. The Morgan fingerprint density at radius 1 is 1.25 bits per heavy atom. The van der Waals surface area contributed by atoms with E-state index in [9.17, 15) is 14.9 Å². The minimum atomic E-state index is -0.539. The fourth-order valence-electron chi connectivity index (χ4n) is 2.35. The Labute approximate surface area is 148 Å². The van der Waals surface area contributed by atoms with Crippen molar-refractivity contribution in [2.24, 2.45) is 0 Å². The molecule has 0 bridgehead atoms. The Kier molecular flexibility index (Phi) is 4.56. The van der Waals surface area contributed by atoms with Crippen molar-refractivity contribution in [2.45, 2.75) is 16.7 Å². The third kappa shape index (κ3) is 3.14. The highest BCUT2D eigenvalue weighted by molar-refractivity contribution is 8.00. The lowest BCUT2D eigenvalue weighted by Crippen LogP contribution is -2.26. The van der Waals surface area contributed by atoms with Crippen LogP contribution in [0.1, 0.15) is 12.0 Å². The summed E-state index contributed by atoms with van der Waals surface area (Å²) in [5, 5.41) is 9.81. The van der Waals surface area contributed by atoms with Gasteiger partial charge in [-0.2, -0.15) is 5.26 Å². The van der Waals surface area contributed by atoms with Crippen LogP contribution >= 0.6 is 23.4 Å². The number of nitrogens with zero attached hydrogens (tertiary/aromatic N) is 3. The van der Waals surface area contributed by atoms with Crippen molar-refractivity contribution in [1.82, 2.24) is 9.88 Å². The van der Waals surface area contributed by atoms with Crippen LogP contribution < -0.4 is 0 Å². The highest BCUT2D eigenvalue weighted by atomic mass is 35.5. The topological polar surface area (TPSA) is 74.1 Å². The largest absolute Gasteiger partial charge is 0.285 e. The molecule has 1 aliphatic heterocycles. The van der Waals surface area contributed by atoms with Crippen LogP contribution in [-0.2, 0) is 9.59 Å². The maximum absolute atomic E-state index is 12.1. The molecule has 7 heteroatoms. The maximum Gasteiger partial charge on any atom is 0.242 e. The molecule has 24 heavy (non-hydrogen) atoms. The van der Waals surface area contributed by atoms with Crippen LogP contribution in [0.15, 0.2) is 41.4 Å². The molecule has 3 rings (SSSR count). The predicted octanol–water partition coefficient (Wildman–Crippen LogP) is 3.12. The Hall–Kier alpha value is -2.36. The number of rotatable bonds is 3. The zero-order chi connectivity index (χ0) is 17.3. The van der Waals surface area contributed by atoms with E-state index in [-0.39, 0.29) is 18.2 Å². The fourth-order valence-corrected chi connectivity index (χ4v) is 3.62. The van der Waals surface area contributed by atoms with E-state index in [4.69, 9.17) is 11.6 Å². The number of carbonyl (C=O) groups is 2. The van der Waals surface area contributed by atoms with E-state index < -0.39 is 5.25 Å². The van der Waals surface area contributed by atoms with E-state index >= 15 is 0 Å². The van der Waals surface area contributed by atoms with Crippen molar-refractivity contribution in [3.63, 3.8) is 0 Å². The Balaban J connectivity index is 1.93. The van der Waals surface area contributed by atoms with Crippen LogP contribution in [0, 0.1) is 11.3 Å². The summed E-state index contributed by atoms with van der Waals surface area (Å²) < 4.78 is 0. The molecular weight excluding hydrogens is 346 g/mol. The molecule has 0 spiro atoms. The monoisotopic (exact) mass is 357 g/mol. The molecule has 1 aromatic heterocycles. The van der Waals surface area contributed by atoms with E-state index in [1.54, 1.807) is 24.3 Å². The van der Waals surface area contributed by atoms with Crippen LogP contribution in [-0.4, -0.2) is 34.0 Å². The van der Waals surface area contributed by atoms with Crippen molar-refractivity contribution in [1.29, 1.82) is 5.26 Å². The molecule has 2 heterocycles. The standard InChI is InChI=1S/C17H12ClN3O2S/c1-21-15(22)8-14(17(21)23)24-16-11(9-19)4-7-13(20-16)10-2-5-12(18)6-3-10/h2-7,14H,8H2,1H3. The molecule has 1 aromatic carbocycles. The molecule has 0 aliphatic carbocycles. The lowest BCUT2D eigenvalue weighted by molar-refractivity contribution is -0.136. The molecular formula is C17H12ClN3O2S. The number of halogens is 1. The smallest absolute Gasteiger partial charge is 0.242 e. The quantitative estimate of drug-likeness (QED) is 0.789. The number of hydrogen-bond donors (Lipinski definition) is 0. The van der Waals surface area contributed by atoms with E-state index in [0.29, 0.717) is 21.3 Å². The number of thioether (sulfide) groups is 1. The molecule has 2 aromatic rings. The average Bonchev–Trinajstić information content (AvgIpc) is 2.82. The lowest BCUT2D eigenvalue weighted by atomic mass is 10.1. The van der Waals surface area contributed by atoms with Crippen molar-refractivity contribution in [3.8, 4) is 17.3 Å². The minimum Gasteiger partial charge on any atom is -0.285 e. The Bertz CT molecular complexity index is 861. The van der Waals surface area contributed by atoms with Crippen LogP contribution in [0.25, 0.3) is 11.3 Å². The number of imide groups is 1. The van der Waals surface area contributed by atoms with E-state index in [2.05, 4.69) is 11.1 Å². The van der Waals surface area contributed by atoms with Crippen LogP contribution in [0.3, 0.4) is 0 Å². The number of nitriles is 1. The van der Waals surface area contributed by atoms with Gasteiger partial charge in [0, 0.05) is 24.1 Å². The van der Waals surface area contributed by atoms with Crippen molar-refractivity contribution in [2.75, 3.05) is 7.05 Å². The van der Waals surface area contributed by atoms with Crippen molar-refractivity contribution < 1.29 is 9.59 Å². The molecule has 0 radical (unpaired) electrons. The SMILES string of the molecule is CN1C(=O)CC(Sc2nc(-c3ccc(Cl)cc3)ccc2C#N)C1=O. The first kappa shape index (κ1) is 16.5.